The van der Waals surface area contributed by atoms with Gasteiger partial charge in [-0.1, -0.05) is 36.4 Å². The maximum atomic E-state index is 13.9. The van der Waals surface area contributed by atoms with Crippen molar-refractivity contribution in [1.29, 1.82) is 0 Å². The third-order valence-corrected chi connectivity index (χ3v) is 5.40. The highest BCUT2D eigenvalue weighted by Gasteiger charge is 2.12. The van der Waals surface area contributed by atoms with Crippen molar-refractivity contribution in [3.8, 4) is 22.3 Å². The lowest BCUT2D eigenvalue weighted by atomic mass is 9.92. The normalized spacial score (nSPS) is 11.5. The van der Waals surface area contributed by atoms with Gasteiger partial charge in [-0.3, -0.25) is 0 Å². The van der Waals surface area contributed by atoms with Crippen LogP contribution in [0.15, 0.2) is 65.6 Å². The number of halogens is 1. The van der Waals surface area contributed by atoms with Crippen LogP contribution in [0.3, 0.4) is 0 Å². The van der Waals surface area contributed by atoms with E-state index in [-0.39, 0.29) is 5.82 Å². The van der Waals surface area contributed by atoms with Gasteiger partial charge in [-0.15, -0.1) is 0 Å². The zero-order valence-corrected chi connectivity index (χ0v) is 15.2. The molecule has 0 fully saturated rings. The molecule has 3 aromatic carbocycles. The minimum absolute atomic E-state index is 0.182. The van der Waals surface area contributed by atoms with Crippen LogP contribution in [0.4, 0.5) is 4.39 Å². The first kappa shape index (κ1) is 17.4. The van der Waals surface area contributed by atoms with Crippen LogP contribution in [-0.4, -0.2) is 14.7 Å². The smallest absolute Gasteiger partial charge is 0.175 e. The minimum atomic E-state index is -3.22. The summed E-state index contributed by atoms with van der Waals surface area (Å²) in [4.78, 5) is 0.294. The molecule has 3 rings (SSSR count). The van der Waals surface area contributed by atoms with Crippen molar-refractivity contribution in [3.63, 3.8) is 0 Å². The van der Waals surface area contributed by atoms with E-state index in [9.17, 15) is 12.8 Å². The van der Waals surface area contributed by atoms with Crippen molar-refractivity contribution < 1.29 is 12.8 Å². The first-order valence-electron chi connectivity index (χ1n) is 7.94. The second-order valence-corrected chi connectivity index (χ2v) is 8.28. The highest BCUT2D eigenvalue weighted by molar-refractivity contribution is 7.90. The fourth-order valence-electron chi connectivity index (χ4n) is 2.97. The molecule has 0 radical (unpaired) electrons. The topological polar surface area (TPSA) is 34.1 Å². The van der Waals surface area contributed by atoms with E-state index in [0.717, 1.165) is 22.3 Å². The number of sulfone groups is 1. The Labute approximate surface area is 147 Å². The summed E-state index contributed by atoms with van der Waals surface area (Å²) in [7, 11) is -3.22. The Morgan fingerprint density at radius 3 is 1.72 bits per heavy atom. The summed E-state index contributed by atoms with van der Waals surface area (Å²) >= 11 is 0. The van der Waals surface area contributed by atoms with E-state index in [4.69, 9.17) is 0 Å². The highest BCUT2D eigenvalue weighted by atomic mass is 32.2. The predicted molar refractivity (Wildman–Crippen MR) is 99.9 cm³/mol. The average molecular weight is 354 g/mol. The summed E-state index contributed by atoms with van der Waals surface area (Å²) in [5.41, 5.74) is 5.05. The molecule has 4 heteroatoms. The zero-order valence-electron chi connectivity index (χ0n) is 14.4. The van der Waals surface area contributed by atoms with Gasteiger partial charge in [0.1, 0.15) is 5.82 Å². The van der Waals surface area contributed by atoms with Gasteiger partial charge in [-0.2, -0.15) is 0 Å². The molecule has 0 spiro atoms. The molecule has 0 aliphatic heterocycles. The second-order valence-electron chi connectivity index (χ2n) is 6.27. The van der Waals surface area contributed by atoms with Crippen LogP contribution >= 0.6 is 0 Å². The van der Waals surface area contributed by atoms with Crippen LogP contribution in [0.25, 0.3) is 22.3 Å². The van der Waals surface area contributed by atoms with Gasteiger partial charge in [0.15, 0.2) is 9.84 Å². The Balaban J connectivity index is 2.14. The van der Waals surface area contributed by atoms with Crippen molar-refractivity contribution in [2.45, 2.75) is 18.7 Å². The lowest BCUT2D eigenvalue weighted by molar-refractivity contribution is 0.602. The van der Waals surface area contributed by atoms with E-state index in [1.807, 2.05) is 36.4 Å². The van der Waals surface area contributed by atoms with Crippen LogP contribution in [0.1, 0.15) is 11.1 Å². The molecule has 0 amide bonds. The largest absolute Gasteiger partial charge is 0.224 e. The molecule has 0 saturated carbocycles. The fourth-order valence-corrected chi connectivity index (χ4v) is 3.60. The molecular formula is C21H19FO2S. The van der Waals surface area contributed by atoms with E-state index in [1.165, 1.54) is 6.26 Å². The van der Waals surface area contributed by atoms with E-state index < -0.39 is 9.84 Å². The SMILES string of the molecule is Cc1cc(-c2ccccc2-c2ccc(S(C)(=O)=O)cc2)cc(C)c1F. The van der Waals surface area contributed by atoms with Crippen molar-refractivity contribution in [1.82, 2.24) is 0 Å². The second kappa shape index (κ2) is 6.45. The summed E-state index contributed by atoms with van der Waals surface area (Å²) in [6.45, 7) is 3.52. The molecule has 0 atom stereocenters. The van der Waals surface area contributed by atoms with Gasteiger partial charge in [-0.05, 0) is 71.5 Å². The molecule has 0 heterocycles. The Morgan fingerprint density at radius 1 is 0.760 bits per heavy atom. The van der Waals surface area contributed by atoms with Gasteiger partial charge < -0.3 is 0 Å². The van der Waals surface area contributed by atoms with E-state index >= 15 is 0 Å². The van der Waals surface area contributed by atoms with E-state index in [0.29, 0.717) is 16.0 Å². The molecule has 0 bridgehead atoms. The van der Waals surface area contributed by atoms with Gasteiger partial charge in [0, 0.05) is 6.26 Å². The molecule has 0 N–H and O–H groups in total. The summed E-state index contributed by atoms with van der Waals surface area (Å²) in [6.07, 6.45) is 1.19. The minimum Gasteiger partial charge on any atom is -0.224 e. The molecule has 25 heavy (non-hydrogen) atoms. The summed E-state index contributed by atoms with van der Waals surface area (Å²) in [6, 6.07) is 18.4. The highest BCUT2D eigenvalue weighted by Crippen LogP contribution is 2.34. The van der Waals surface area contributed by atoms with Crippen LogP contribution < -0.4 is 0 Å². The van der Waals surface area contributed by atoms with Crippen LogP contribution in [-0.2, 0) is 9.84 Å². The molecular weight excluding hydrogens is 335 g/mol. The monoisotopic (exact) mass is 354 g/mol. The molecule has 128 valence electrons. The van der Waals surface area contributed by atoms with Crippen molar-refractivity contribution >= 4 is 9.84 Å². The van der Waals surface area contributed by atoms with Crippen LogP contribution in [0.2, 0.25) is 0 Å². The molecule has 0 aliphatic carbocycles. The van der Waals surface area contributed by atoms with Crippen LogP contribution in [0, 0.1) is 19.7 Å². The third-order valence-electron chi connectivity index (χ3n) is 4.27. The molecule has 0 saturated heterocycles. The number of hydrogen-bond donors (Lipinski definition) is 0. The molecule has 2 nitrogen and oxygen atoms in total. The Kier molecular flexibility index (Phi) is 4.48. The van der Waals surface area contributed by atoms with Gasteiger partial charge >= 0.3 is 0 Å². The summed E-state index contributed by atoms with van der Waals surface area (Å²) < 4.78 is 37.2. The Hall–Kier alpha value is -2.46. The van der Waals surface area contributed by atoms with Crippen molar-refractivity contribution in [3.05, 3.63) is 77.6 Å². The predicted octanol–water partition coefficient (Wildman–Crippen LogP) is 5.18. The zero-order chi connectivity index (χ0) is 18.2. The molecule has 0 aromatic heterocycles. The van der Waals surface area contributed by atoms with Gasteiger partial charge in [-0.25, -0.2) is 12.8 Å². The number of rotatable bonds is 3. The van der Waals surface area contributed by atoms with E-state index in [2.05, 4.69) is 0 Å². The van der Waals surface area contributed by atoms with Gasteiger partial charge in [0.2, 0.25) is 0 Å². The number of aryl methyl sites for hydroxylation is 2. The third kappa shape index (κ3) is 3.49. The summed E-state index contributed by atoms with van der Waals surface area (Å²) in [5.74, 6) is -0.182. The fraction of sp³-hybridized carbons (Fsp3) is 0.143. The Morgan fingerprint density at radius 2 is 1.24 bits per heavy atom. The lowest BCUT2D eigenvalue weighted by Crippen LogP contribution is -1.96. The lowest BCUT2D eigenvalue weighted by Gasteiger charge is -2.13. The molecule has 3 aromatic rings. The average Bonchev–Trinajstić information content (AvgIpc) is 2.58. The van der Waals surface area contributed by atoms with E-state index in [1.54, 1.807) is 38.1 Å². The maximum Gasteiger partial charge on any atom is 0.175 e. The van der Waals surface area contributed by atoms with Gasteiger partial charge in [0.25, 0.3) is 0 Å². The van der Waals surface area contributed by atoms with Gasteiger partial charge in [0.05, 0.1) is 4.90 Å². The summed E-state index contributed by atoms with van der Waals surface area (Å²) in [5, 5.41) is 0. The van der Waals surface area contributed by atoms with Crippen molar-refractivity contribution in [2.75, 3.05) is 6.26 Å². The quantitative estimate of drug-likeness (QED) is 0.649. The Bertz CT molecular complexity index is 1010. The first-order valence-corrected chi connectivity index (χ1v) is 9.83. The van der Waals surface area contributed by atoms with Crippen molar-refractivity contribution in [2.24, 2.45) is 0 Å². The molecule has 0 unspecified atom stereocenters. The maximum absolute atomic E-state index is 13.9. The molecule has 0 aliphatic rings. The number of hydrogen-bond acceptors (Lipinski definition) is 2. The standard InChI is InChI=1S/C21H19FO2S/c1-14-12-17(13-15(2)21(14)22)20-7-5-4-6-19(20)16-8-10-18(11-9-16)25(3,23)24/h4-13H,1-3H3. The first-order chi connectivity index (χ1) is 11.8. The number of benzene rings is 3. The van der Waals surface area contributed by atoms with Crippen LogP contribution in [0.5, 0.6) is 0 Å².